The molecule has 0 spiro atoms. The predicted octanol–water partition coefficient (Wildman–Crippen LogP) is 3.95. The number of nitrogens with one attached hydrogen (secondary N) is 1. The van der Waals surface area contributed by atoms with Crippen LogP contribution in [0.15, 0.2) is 30.3 Å². The van der Waals surface area contributed by atoms with Gasteiger partial charge in [0, 0.05) is 17.7 Å². The van der Waals surface area contributed by atoms with Gasteiger partial charge in [0.15, 0.2) is 0 Å². The maximum Gasteiger partial charge on any atom is 0.0379 e. The van der Waals surface area contributed by atoms with E-state index in [9.17, 15) is 0 Å². The van der Waals surface area contributed by atoms with E-state index in [1.54, 1.807) is 0 Å². The third-order valence-electron chi connectivity index (χ3n) is 3.33. The topological polar surface area (TPSA) is 12.0 Å². The van der Waals surface area contributed by atoms with Crippen molar-refractivity contribution in [3.63, 3.8) is 0 Å². The molecule has 0 atom stereocenters. The van der Waals surface area contributed by atoms with E-state index in [4.69, 9.17) is 0 Å². The van der Waals surface area contributed by atoms with E-state index < -0.39 is 0 Å². The van der Waals surface area contributed by atoms with Crippen molar-refractivity contribution >= 4 is 5.70 Å². The molecule has 0 radical (unpaired) electrons. The SMILES string of the molecule is CC1(C)C=C(c2ccc(C(C)(C)C)cc2)NC1. The van der Waals surface area contributed by atoms with Crippen LogP contribution in [0.25, 0.3) is 5.70 Å². The van der Waals surface area contributed by atoms with E-state index in [1.807, 2.05) is 0 Å². The Morgan fingerprint density at radius 1 is 1.06 bits per heavy atom. The van der Waals surface area contributed by atoms with Crippen molar-refractivity contribution in [1.29, 1.82) is 0 Å². The summed E-state index contributed by atoms with van der Waals surface area (Å²) in [5, 5.41) is 3.48. The Hall–Kier alpha value is -1.24. The van der Waals surface area contributed by atoms with E-state index in [2.05, 4.69) is 70.3 Å². The monoisotopic (exact) mass is 229 g/mol. The number of hydrogen-bond acceptors (Lipinski definition) is 1. The average Bonchev–Trinajstić information content (AvgIpc) is 2.58. The number of benzene rings is 1. The maximum absolute atomic E-state index is 3.48. The van der Waals surface area contributed by atoms with Crippen molar-refractivity contribution in [3.05, 3.63) is 41.5 Å². The summed E-state index contributed by atoms with van der Waals surface area (Å²) < 4.78 is 0. The standard InChI is InChI=1S/C16H23N/c1-15(2,3)13-8-6-12(7-9-13)14-10-16(4,5)11-17-14/h6-10,17H,11H2,1-5H3. The van der Waals surface area contributed by atoms with Crippen LogP contribution in [-0.2, 0) is 5.41 Å². The quantitative estimate of drug-likeness (QED) is 0.768. The van der Waals surface area contributed by atoms with Gasteiger partial charge < -0.3 is 5.32 Å². The minimum Gasteiger partial charge on any atom is -0.384 e. The van der Waals surface area contributed by atoms with Gasteiger partial charge in [-0.05, 0) is 16.5 Å². The fourth-order valence-corrected chi connectivity index (χ4v) is 2.15. The van der Waals surface area contributed by atoms with Gasteiger partial charge in [-0.2, -0.15) is 0 Å². The average molecular weight is 229 g/mol. The molecule has 0 aromatic heterocycles. The molecule has 17 heavy (non-hydrogen) atoms. The highest BCUT2D eigenvalue weighted by atomic mass is 14.9. The molecule has 1 heteroatoms. The molecule has 0 unspecified atom stereocenters. The van der Waals surface area contributed by atoms with Crippen LogP contribution in [0.1, 0.15) is 45.7 Å². The molecule has 0 saturated carbocycles. The lowest BCUT2D eigenvalue weighted by molar-refractivity contribution is 0.497. The van der Waals surface area contributed by atoms with Gasteiger partial charge in [0.05, 0.1) is 0 Å². The van der Waals surface area contributed by atoms with Crippen LogP contribution in [0, 0.1) is 5.41 Å². The third-order valence-corrected chi connectivity index (χ3v) is 3.33. The molecular formula is C16H23N. The first-order valence-corrected chi connectivity index (χ1v) is 6.36. The second kappa shape index (κ2) is 3.90. The summed E-state index contributed by atoms with van der Waals surface area (Å²) in [6, 6.07) is 8.92. The van der Waals surface area contributed by atoms with Gasteiger partial charge in [0.2, 0.25) is 0 Å². The smallest absolute Gasteiger partial charge is 0.0379 e. The molecular weight excluding hydrogens is 206 g/mol. The Labute approximate surface area is 105 Å². The van der Waals surface area contributed by atoms with Crippen molar-refractivity contribution in [3.8, 4) is 0 Å². The van der Waals surface area contributed by atoms with Crippen LogP contribution in [0.5, 0.6) is 0 Å². The Morgan fingerprint density at radius 2 is 1.65 bits per heavy atom. The first kappa shape index (κ1) is 12.2. The van der Waals surface area contributed by atoms with Crippen LogP contribution in [0.4, 0.5) is 0 Å². The van der Waals surface area contributed by atoms with Gasteiger partial charge in [-0.3, -0.25) is 0 Å². The van der Waals surface area contributed by atoms with Crippen molar-refractivity contribution in [2.45, 2.75) is 40.0 Å². The zero-order chi connectivity index (χ0) is 12.7. The van der Waals surface area contributed by atoms with Crippen LogP contribution < -0.4 is 5.32 Å². The van der Waals surface area contributed by atoms with Gasteiger partial charge in [-0.25, -0.2) is 0 Å². The second-order valence-corrected chi connectivity index (χ2v) is 6.73. The van der Waals surface area contributed by atoms with E-state index in [0.717, 1.165) is 6.54 Å². The minimum atomic E-state index is 0.231. The summed E-state index contributed by atoms with van der Waals surface area (Å²) >= 11 is 0. The predicted molar refractivity (Wildman–Crippen MR) is 74.9 cm³/mol. The van der Waals surface area contributed by atoms with Gasteiger partial charge in [0.25, 0.3) is 0 Å². The molecule has 1 aromatic rings. The van der Waals surface area contributed by atoms with Crippen molar-refractivity contribution in [2.24, 2.45) is 5.41 Å². The molecule has 1 N–H and O–H groups in total. The first-order valence-electron chi connectivity index (χ1n) is 6.36. The fourth-order valence-electron chi connectivity index (χ4n) is 2.15. The molecule has 1 aromatic carbocycles. The molecule has 0 fully saturated rings. The summed E-state index contributed by atoms with van der Waals surface area (Å²) in [7, 11) is 0. The third kappa shape index (κ3) is 2.71. The lowest BCUT2D eigenvalue weighted by Gasteiger charge is -2.19. The number of hydrogen-bond donors (Lipinski definition) is 1. The van der Waals surface area contributed by atoms with E-state index in [0.29, 0.717) is 0 Å². The Balaban J connectivity index is 2.26. The van der Waals surface area contributed by atoms with Crippen LogP contribution in [-0.4, -0.2) is 6.54 Å². The minimum absolute atomic E-state index is 0.231. The normalized spacial score (nSPS) is 18.8. The summed E-state index contributed by atoms with van der Waals surface area (Å²) in [5.74, 6) is 0. The molecule has 0 bridgehead atoms. The lowest BCUT2D eigenvalue weighted by Crippen LogP contribution is -2.17. The maximum atomic E-state index is 3.48. The molecule has 0 saturated heterocycles. The molecule has 2 rings (SSSR count). The molecule has 1 aliphatic heterocycles. The molecule has 92 valence electrons. The van der Waals surface area contributed by atoms with Gasteiger partial charge in [-0.15, -0.1) is 0 Å². The van der Waals surface area contributed by atoms with E-state index in [1.165, 1.54) is 16.8 Å². The van der Waals surface area contributed by atoms with E-state index >= 15 is 0 Å². The summed E-state index contributed by atoms with van der Waals surface area (Å²) in [6.45, 7) is 12.3. The van der Waals surface area contributed by atoms with Gasteiger partial charge in [0.1, 0.15) is 0 Å². The first-order chi connectivity index (χ1) is 7.78. The molecule has 1 heterocycles. The molecule has 1 nitrogen and oxygen atoms in total. The Bertz CT molecular complexity index is 430. The fraction of sp³-hybridized carbons (Fsp3) is 0.500. The molecule has 0 amide bonds. The Morgan fingerprint density at radius 3 is 2.06 bits per heavy atom. The van der Waals surface area contributed by atoms with Gasteiger partial charge in [-0.1, -0.05) is 65.0 Å². The van der Waals surface area contributed by atoms with Crippen molar-refractivity contribution in [2.75, 3.05) is 6.54 Å². The van der Waals surface area contributed by atoms with E-state index in [-0.39, 0.29) is 10.8 Å². The van der Waals surface area contributed by atoms with Crippen LogP contribution >= 0.6 is 0 Å². The zero-order valence-electron chi connectivity index (χ0n) is 11.6. The molecule has 1 aliphatic rings. The van der Waals surface area contributed by atoms with Crippen molar-refractivity contribution < 1.29 is 0 Å². The zero-order valence-corrected chi connectivity index (χ0v) is 11.6. The second-order valence-electron chi connectivity index (χ2n) is 6.73. The van der Waals surface area contributed by atoms with Crippen molar-refractivity contribution in [1.82, 2.24) is 5.32 Å². The van der Waals surface area contributed by atoms with Crippen LogP contribution in [0.2, 0.25) is 0 Å². The van der Waals surface area contributed by atoms with Gasteiger partial charge >= 0.3 is 0 Å². The highest BCUT2D eigenvalue weighted by molar-refractivity contribution is 5.67. The largest absolute Gasteiger partial charge is 0.384 e. The highest BCUT2D eigenvalue weighted by Crippen LogP contribution is 2.30. The summed E-state index contributed by atoms with van der Waals surface area (Å²) in [4.78, 5) is 0. The summed E-state index contributed by atoms with van der Waals surface area (Å²) in [6.07, 6.45) is 2.33. The highest BCUT2D eigenvalue weighted by Gasteiger charge is 2.23. The molecule has 0 aliphatic carbocycles. The Kier molecular flexibility index (Phi) is 2.81. The summed E-state index contributed by atoms with van der Waals surface area (Å²) in [5.41, 5.74) is 4.46. The van der Waals surface area contributed by atoms with Crippen LogP contribution in [0.3, 0.4) is 0 Å². The number of rotatable bonds is 1. The lowest BCUT2D eigenvalue weighted by atomic mass is 9.86.